The van der Waals surface area contributed by atoms with Crippen LogP contribution < -0.4 is 0 Å². The van der Waals surface area contributed by atoms with Crippen LogP contribution in [-0.4, -0.2) is 26.2 Å². The lowest BCUT2D eigenvalue weighted by molar-refractivity contribution is -0.171. The number of methoxy groups -OCH3 is 2. The van der Waals surface area contributed by atoms with Crippen LogP contribution in [0.5, 0.6) is 0 Å². The summed E-state index contributed by atoms with van der Waals surface area (Å²) < 4.78 is 9.86. The van der Waals surface area contributed by atoms with Gasteiger partial charge < -0.3 is 9.47 Å². The number of carbonyl (C=O) groups excluding carboxylic acids is 2. The summed E-state index contributed by atoms with van der Waals surface area (Å²) in [5, 5.41) is 0. The van der Waals surface area contributed by atoms with Crippen LogP contribution in [0.15, 0.2) is 23.3 Å². The summed E-state index contributed by atoms with van der Waals surface area (Å²) in [5.74, 6) is -0.831. The van der Waals surface area contributed by atoms with E-state index in [2.05, 4.69) is 13.0 Å². The van der Waals surface area contributed by atoms with Crippen molar-refractivity contribution in [2.24, 2.45) is 22.7 Å². The molecule has 2 aliphatic rings. The molecule has 3 atom stereocenters. The topological polar surface area (TPSA) is 52.6 Å². The van der Waals surface area contributed by atoms with Gasteiger partial charge in [0.1, 0.15) is 0 Å². The Hall–Kier alpha value is -1.58. The minimum atomic E-state index is -1.25. The largest absolute Gasteiger partial charge is 0.468 e. The molecule has 0 heterocycles. The molecule has 0 aliphatic heterocycles. The Morgan fingerprint density at radius 3 is 2.00 bits per heavy atom. The number of hydrogen-bond donors (Lipinski definition) is 0. The maximum Gasteiger partial charge on any atom is 0.327 e. The molecule has 0 bridgehead atoms. The molecule has 0 radical (unpaired) electrons. The van der Waals surface area contributed by atoms with Gasteiger partial charge in [-0.2, -0.15) is 0 Å². The maximum absolute atomic E-state index is 12.4. The van der Waals surface area contributed by atoms with E-state index in [1.807, 2.05) is 26.8 Å². The summed E-state index contributed by atoms with van der Waals surface area (Å²) in [7, 11) is 2.64. The van der Waals surface area contributed by atoms with Gasteiger partial charge in [-0.15, -0.1) is 0 Å². The fourth-order valence-corrected chi connectivity index (χ4v) is 4.19. The average molecular weight is 278 g/mol. The first kappa shape index (κ1) is 14.8. The normalized spacial score (nSPS) is 33.2. The van der Waals surface area contributed by atoms with Crippen molar-refractivity contribution in [3.63, 3.8) is 0 Å². The molecule has 0 unspecified atom stereocenters. The molecule has 0 amide bonds. The van der Waals surface area contributed by atoms with Gasteiger partial charge in [0.15, 0.2) is 5.41 Å². The van der Waals surface area contributed by atoms with Crippen LogP contribution in [0.3, 0.4) is 0 Å². The van der Waals surface area contributed by atoms with E-state index in [9.17, 15) is 9.59 Å². The molecule has 2 fully saturated rings. The molecular formula is C16H22O4. The van der Waals surface area contributed by atoms with Crippen molar-refractivity contribution >= 4 is 11.9 Å². The molecule has 2 saturated carbocycles. The number of ether oxygens (including phenoxy) is 2. The zero-order chi connectivity index (χ0) is 15.3. The molecule has 4 nitrogen and oxygen atoms in total. The second kappa shape index (κ2) is 4.47. The van der Waals surface area contributed by atoms with Crippen molar-refractivity contribution in [2.75, 3.05) is 14.2 Å². The maximum atomic E-state index is 12.4. The molecule has 2 aliphatic carbocycles. The molecule has 0 aromatic heterocycles. The highest BCUT2D eigenvalue weighted by Gasteiger charge is 2.86. The van der Waals surface area contributed by atoms with E-state index in [0.717, 1.165) is 11.1 Å². The van der Waals surface area contributed by atoms with Gasteiger partial charge in [-0.3, -0.25) is 9.59 Å². The van der Waals surface area contributed by atoms with Crippen LogP contribution in [0, 0.1) is 22.7 Å². The van der Waals surface area contributed by atoms with Crippen molar-refractivity contribution in [3.8, 4) is 0 Å². The number of esters is 2. The van der Waals surface area contributed by atoms with Gasteiger partial charge in [-0.05, 0) is 37.7 Å². The molecule has 0 aromatic rings. The number of hydrogen-bond acceptors (Lipinski definition) is 4. The van der Waals surface area contributed by atoms with Crippen molar-refractivity contribution in [2.45, 2.75) is 27.7 Å². The third-order valence-corrected chi connectivity index (χ3v) is 4.85. The second-order valence-electron chi connectivity index (χ2n) is 6.03. The lowest BCUT2D eigenvalue weighted by Crippen LogP contribution is -2.51. The highest BCUT2D eigenvalue weighted by molar-refractivity contribution is 6.08. The van der Waals surface area contributed by atoms with Crippen molar-refractivity contribution in [3.05, 3.63) is 23.3 Å². The van der Waals surface area contributed by atoms with Crippen LogP contribution >= 0.6 is 0 Å². The average Bonchev–Trinajstić information content (AvgIpc) is 2.87. The van der Waals surface area contributed by atoms with Crippen LogP contribution in [0.4, 0.5) is 0 Å². The van der Waals surface area contributed by atoms with Crippen molar-refractivity contribution < 1.29 is 19.1 Å². The smallest absolute Gasteiger partial charge is 0.327 e. The van der Waals surface area contributed by atoms with Gasteiger partial charge >= 0.3 is 11.9 Å². The molecule has 0 spiro atoms. The standard InChI is InChI=1S/C16H22O4/c1-7-8-15(4)11-10(9(2)3)16(12(11)15,13(17)19-5)14(18)20-6/h7-8,11-12H,1-6H3/b8-7+/t11-,12+,15-/m0/s1. The molecule has 20 heavy (non-hydrogen) atoms. The van der Waals surface area contributed by atoms with Gasteiger partial charge in [0, 0.05) is 5.92 Å². The lowest BCUT2D eigenvalue weighted by Gasteiger charge is -2.39. The third-order valence-electron chi connectivity index (χ3n) is 4.85. The molecule has 0 aromatic carbocycles. The summed E-state index contributed by atoms with van der Waals surface area (Å²) in [5.41, 5.74) is 0.461. The highest BCUT2D eigenvalue weighted by Crippen LogP contribution is 2.82. The number of carbonyl (C=O) groups is 2. The van der Waals surface area contributed by atoms with E-state index < -0.39 is 17.4 Å². The summed E-state index contributed by atoms with van der Waals surface area (Å²) in [4.78, 5) is 24.8. The van der Waals surface area contributed by atoms with E-state index in [1.165, 1.54) is 14.2 Å². The first-order valence-electron chi connectivity index (χ1n) is 6.82. The summed E-state index contributed by atoms with van der Waals surface area (Å²) in [6, 6.07) is 0. The molecular weight excluding hydrogens is 256 g/mol. The SMILES string of the molecule is C/C=C/[C@@]1(C)[C@H]2C(=C(C)C)C(C(=O)OC)(C(=O)OC)[C@H]21. The Morgan fingerprint density at radius 2 is 1.65 bits per heavy atom. The Balaban J connectivity index is 2.60. The number of fused-ring (bicyclic) bond motifs is 1. The minimum absolute atomic E-state index is 0.0593. The van der Waals surface area contributed by atoms with E-state index in [-0.39, 0.29) is 17.3 Å². The van der Waals surface area contributed by atoms with E-state index >= 15 is 0 Å². The lowest BCUT2D eigenvalue weighted by atomic mass is 9.62. The highest BCUT2D eigenvalue weighted by atomic mass is 16.5. The quantitative estimate of drug-likeness (QED) is 0.452. The molecule has 2 rings (SSSR count). The summed E-state index contributed by atoms with van der Waals surface area (Å²) in [6.07, 6.45) is 4.05. The fraction of sp³-hybridized carbons (Fsp3) is 0.625. The summed E-state index contributed by atoms with van der Waals surface area (Å²) >= 11 is 0. The fourth-order valence-electron chi connectivity index (χ4n) is 4.19. The Kier molecular flexibility index (Phi) is 3.31. The molecule has 110 valence electrons. The Morgan fingerprint density at radius 1 is 1.15 bits per heavy atom. The summed E-state index contributed by atoms with van der Waals surface area (Å²) in [6.45, 7) is 7.89. The van der Waals surface area contributed by atoms with E-state index in [4.69, 9.17) is 9.47 Å². The number of rotatable bonds is 3. The van der Waals surface area contributed by atoms with Gasteiger partial charge in [0.05, 0.1) is 14.2 Å². The van der Waals surface area contributed by atoms with Crippen molar-refractivity contribution in [1.29, 1.82) is 0 Å². The third kappa shape index (κ3) is 1.42. The van der Waals surface area contributed by atoms with Crippen LogP contribution in [-0.2, 0) is 19.1 Å². The molecule has 0 N–H and O–H groups in total. The first-order valence-corrected chi connectivity index (χ1v) is 6.82. The zero-order valence-electron chi connectivity index (χ0n) is 12.9. The minimum Gasteiger partial charge on any atom is -0.468 e. The van der Waals surface area contributed by atoms with Gasteiger partial charge in [-0.25, -0.2) is 0 Å². The van der Waals surface area contributed by atoms with E-state index in [0.29, 0.717) is 0 Å². The Bertz CT molecular complexity index is 509. The van der Waals surface area contributed by atoms with Crippen LogP contribution in [0.25, 0.3) is 0 Å². The number of allylic oxidation sites excluding steroid dienone is 3. The van der Waals surface area contributed by atoms with Gasteiger partial charge in [0.2, 0.25) is 0 Å². The van der Waals surface area contributed by atoms with E-state index in [1.54, 1.807) is 0 Å². The van der Waals surface area contributed by atoms with Crippen LogP contribution in [0.1, 0.15) is 27.7 Å². The molecule has 0 saturated heterocycles. The monoisotopic (exact) mass is 278 g/mol. The molecule has 4 heteroatoms. The zero-order valence-corrected chi connectivity index (χ0v) is 12.9. The van der Waals surface area contributed by atoms with Crippen LogP contribution in [0.2, 0.25) is 0 Å². The first-order chi connectivity index (χ1) is 9.33. The van der Waals surface area contributed by atoms with Crippen molar-refractivity contribution in [1.82, 2.24) is 0 Å². The van der Waals surface area contributed by atoms with Gasteiger partial charge in [-0.1, -0.05) is 24.6 Å². The predicted molar refractivity (Wildman–Crippen MR) is 74.7 cm³/mol. The predicted octanol–water partition coefficient (Wildman–Crippen LogP) is 2.50. The second-order valence-corrected chi connectivity index (χ2v) is 6.03. The Labute approximate surface area is 119 Å². The van der Waals surface area contributed by atoms with Gasteiger partial charge in [0.25, 0.3) is 0 Å².